The molecule has 1 heterocycles. The van der Waals surface area contributed by atoms with Gasteiger partial charge in [0.25, 0.3) is 0 Å². The number of para-hydroxylation sites is 1. The van der Waals surface area contributed by atoms with Gasteiger partial charge in [0.2, 0.25) is 5.91 Å². The molecule has 1 aromatic rings. The summed E-state index contributed by atoms with van der Waals surface area (Å²) in [6.45, 7) is 3.54. The van der Waals surface area contributed by atoms with Gasteiger partial charge in [0, 0.05) is 25.6 Å². The van der Waals surface area contributed by atoms with E-state index >= 15 is 0 Å². The Hall–Kier alpha value is -1.90. The molecule has 2 atom stereocenters. The second-order valence-electron chi connectivity index (χ2n) is 5.37. The Morgan fingerprint density at radius 1 is 1.52 bits per heavy atom. The van der Waals surface area contributed by atoms with Crippen molar-refractivity contribution in [2.24, 2.45) is 0 Å². The van der Waals surface area contributed by atoms with Crippen LogP contribution in [-0.2, 0) is 9.53 Å². The van der Waals surface area contributed by atoms with E-state index in [0.29, 0.717) is 30.3 Å². The summed E-state index contributed by atoms with van der Waals surface area (Å²) < 4.78 is 5.54. The van der Waals surface area contributed by atoms with Crippen molar-refractivity contribution < 1.29 is 9.53 Å². The number of nitriles is 1. The van der Waals surface area contributed by atoms with Crippen LogP contribution in [0.5, 0.6) is 0 Å². The number of ether oxygens (including phenoxy) is 1. The molecule has 0 aliphatic carbocycles. The molecule has 2 unspecified atom stereocenters. The molecule has 1 fully saturated rings. The minimum absolute atomic E-state index is 0.0730. The monoisotopic (exact) mass is 287 g/mol. The Bertz CT molecular complexity index is 539. The molecule has 5 nitrogen and oxygen atoms in total. The fourth-order valence-electron chi connectivity index (χ4n) is 2.65. The molecule has 1 N–H and O–H groups in total. The largest absolute Gasteiger partial charge is 0.377 e. The zero-order chi connectivity index (χ0) is 15.2. The predicted molar refractivity (Wildman–Crippen MR) is 80.9 cm³/mol. The number of nitrogens with one attached hydrogen (secondary N) is 1. The molecular weight excluding hydrogens is 266 g/mol. The van der Waals surface area contributed by atoms with Gasteiger partial charge in [-0.3, -0.25) is 4.79 Å². The Labute approximate surface area is 125 Å². The van der Waals surface area contributed by atoms with Crippen molar-refractivity contribution in [2.45, 2.75) is 31.9 Å². The van der Waals surface area contributed by atoms with Crippen molar-refractivity contribution in [1.82, 2.24) is 4.90 Å². The van der Waals surface area contributed by atoms with E-state index in [4.69, 9.17) is 10.00 Å². The molecule has 21 heavy (non-hydrogen) atoms. The van der Waals surface area contributed by atoms with Crippen LogP contribution < -0.4 is 5.32 Å². The van der Waals surface area contributed by atoms with Gasteiger partial charge in [0.05, 0.1) is 17.4 Å². The topological polar surface area (TPSA) is 65.4 Å². The van der Waals surface area contributed by atoms with E-state index in [1.165, 1.54) is 0 Å². The van der Waals surface area contributed by atoms with Crippen LogP contribution in [0.4, 0.5) is 5.69 Å². The number of carbonyl (C=O) groups excluding carboxylic acids is 1. The zero-order valence-corrected chi connectivity index (χ0v) is 12.5. The summed E-state index contributed by atoms with van der Waals surface area (Å²) in [6, 6.07) is 9.48. The summed E-state index contributed by atoms with van der Waals surface area (Å²) in [5, 5.41) is 11.8. The van der Waals surface area contributed by atoms with Crippen LogP contribution in [0.25, 0.3) is 0 Å². The van der Waals surface area contributed by atoms with Gasteiger partial charge >= 0.3 is 0 Å². The normalized spacial score (nSPS) is 21.2. The average Bonchev–Trinajstić information content (AvgIpc) is 2.91. The number of carbonyl (C=O) groups is 1. The number of hydrogen-bond acceptors (Lipinski definition) is 4. The Morgan fingerprint density at radius 3 is 2.95 bits per heavy atom. The van der Waals surface area contributed by atoms with Gasteiger partial charge in [0.1, 0.15) is 6.07 Å². The smallest absolute Gasteiger partial charge is 0.225 e. The molecule has 0 saturated carbocycles. The summed E-state index contributed by atoms with van der Waals surface area (Å²) in [5.41, 5.74) is 1.06. The first kappa shape index (κ1) is 15.5. The van der Waals surface area contributed by atoms with Crippen LogP contribution in [0.1, 0.15) is 25.3 Å². The summed E-state index contributed by atoms with van der Waals surface area (Å²) in [4.78, 5) is 14.2. The molecular formula is C16H21N3O2. The number of nitrogens with zero attached hydrogens (tertiary/aromatic N) is 2. The zero-order valence-electron chi connectivity index (χ0n) is 12.5. The lowest BCUT2D eigenvalue weighted by Gasteiger charge is -2.26. The molecule has 112 valence electrons. The second-order valence-corrected chi connectivity index (χ2v) is 5.37. The number of hydrogen-bond donors (Lipinski definition) is 1. The minimum atomic E-state index is -0.0730. The molecule has 1 aromatic carbocycles. The molecule has 0 bridgehead atoms. The molecule has 2 rings (SSSR count). The maximum absolute atomic E-state index is 12.0. The highest BCUT2D eigenvalue weighted by molar-refractivity contribution is 5.92. The van der Waals surface area contributed by atoms with Crippen LogP contribution in [0, 0.1) is 11.3 Å². The van der Waals surface area contributed by atoms with E-state index in [1.54, 1.807) is 24.3 Å². The number of rotatable bonds is 5. The first-order valence-corrected chi connectivity index (χ1v) is 7.22. The third-order valence-corrected chi connectivity index (χ3v) is 3.92. The van der Waals surface area contributed by atoms with E-state index in [-0.39, 0.29) is 12.0 Å². The number of amides is 1. The van der Waals surface area contributed by atoms with Crippen LogP contribution >= 0.6 is 0 Å². The highest BCUT2D eigenvalue weighted by Gasteiger charge is 2.27. The number of anilines is 1. The number of likely N-dealkylation sites (N-methyl/N-ethyl adjacent to an activating group) is 1. The van der Waals surface area contributed by atoms with Gasteiger partial charge in [-0.15, -0.1) is 0 Å². The standard InChI is InChI=1S/C16H21N3O2/c1-12-15(8-10-21-12)19(2)9-7-16(20)18-14-6-4-3-5-13(14)11-17/h3-6,12,15H,7-10H2,1-2H3,(H,18,20). The average molecular weight is 287 g/mol. The van der Waals surface area contributed by atoms with Gasteiger partial charge < -0.3 is 15.0 Å². The molecule has 1 saturated heterocycles. The van der Waals surface area contributed by atoms with Gasteiger partial charge in [-0.1, -0.05) is 12.1 Å². The van der Waals surface area contributed by atoms with E-state index in [0.717, 1.165) is 13.0 Å². The molecule has 1 amide bonds. The highest BCUT2D eigenvalue weighted by Crippen LogP contribution is 2.18. The summed E-state index contributed by atoms with van der Waals surface area (Å²) in [5.74, 6) is -0.0730. The SMILES string of the molecule is CC1OCCC1N(C)CCC(=O)Nc1ccccc1C#N. The molecule has 5 heteroatoms. The highest BCUT2D eigenvalue weighted by atomic mass is 16.5. The quantitative estimate of drug-likeness (QED) is 0.899. The van der Waals surface area contributed by atoms with Gasteiger partial charge in [-0.05, 0) is 32.5 Å². The summed E-state index contributed by atoms with van der Waals surface area (Å²) in [6.07, 6.45) is 1.63. The van der Waals surface area contributed by atoms with Crippen molar-refractivity contribution in [3.05, 3.63) is 29.8 Å². The predicted octanol–water partition coefficient (Wildman–Crippen LogP) is 2.00. The summed E-state index contributed by atoms with van der Waals surface area (Å²) in [7, 11) is 2.02. The first-order valence-electron chi connectivity index (χ1n) is 7.22. The van der Waals surface area contributed by atoms with E-state index in [1.807, 2.05) is 7.05 Å². The fourth-order valence-corrected chi connectivity index (χ4v) is 2.65. The van der Waals surface area contributed by atoms with Crippen molar-refractivity contribution in [3.8, 4) is 6.07 Å². The van der Waals surface area contributed by atoms with Crippen molar-refractivity contribution >= 4 is 11.6 Å². The van der Waals surface area contributed by atoms with E-state index in [2.05, 4.69) is 23.2 Å². The van der Waals surface area contributed by atoms with Gasteiger partial charge in [-0.2, -0.15) is 5.26 Å². The maximum atomic E-state index is 12.0. The molecule has 1 aliphatic heterocycles. The Kier molecular flexibility index (Phi) is 5.32. The molecule has 1 aliphatic rings. The van der Waals surface area contributed by atoms with Crippen LogP contribution in [-0.4, -0.2) is 43.2 Å². The van der Waals surface area contributed by atoms with Crippen molar-refractivity contribution in [2.75, 3.05) is 25.5 Å². The lowest BCUT2D eigenvalue weighted by Crippen LogP contribution is -2.38. The Morgan fingerprint density at radius 2 is 2.29 bits per heavy atom. The van der Waals surface area contributed by atoms with Gasteiger partial charge in [-0.25, -0.2) is 0 Å². The fraction of sp³-hybridized carbons (Fsp3) is 0.500. The molecule has 0 radical (unpaired) electrons. The second kappa shape index (κ2) is 7.21. The summed E-state index contributed by atoms with van der Waals surface area (Å²) >= 11 is 0. The maximum Gasteiger partial charge on any atom is 0.225 e. The molecule has 0 aromatic heterocycles. The van der Waals surface area contributed by atoms with Crippen molar-refractivity contribution in [1.29, 1.82) is 5.26 Å². The Balaban J connectivity index is 1.83. The lowest BCUT2D eigenvalue weighted by molar-refractivity contribution is -0.116. The van der Waals surface area contributed by atoms with Crippen LogP contribution in [0.2, 0.25) is 0 Å². The molecule has 0 spiro atoms. The van der Waals surface area contributed by atoms with Crippen molar-refractivity contribution in [3.63, 3.8) is 0 Å². The third-order valence-electron chi connectivity index (χ3n) is 3.92. The van der Waals surface area contributed by atoms with Crippen LogP contribution in [0.3, 0.4) is 0 Å². The third kappa shape index (κ3) is 4.03. The minimum Gasteiger partial charge on any atom is -0.377 e. The van der Waals surface area contributed by atoms with E-state index < -0.39 is 0 Å². The van der Waals surface area contributed by atoms with E-state index in [9.17, 15) is 4.79 Å². The van der Waals surface area contributed by atoms with Crippen LogP contribution in [0.15, 0.2) is 24.3 Å². The number of benzene rings is 1. The van der Waals surface area contributed by atoms with Gasteiger partial charge in [0.15, 0.2) is 0 Å². The first-order chi connectivity index (χ1) is 10.1. The lowest BCUT2D eigenvalue weighted by atomic mass is 10.1.